The average Bonchev–Trinajstić information content (AvgIpc) is 2.51. The molecule has 2 rings (SSSR count). The van der Waals surface area contributed by atoms with Crippen LogP contribution in [0.5, 0.6) is 0 Å². The molecule has 1 aliphatic rings. The van der Waals surface area contributed by atoms with E-state index in [-0.39, 0.29) is 10.6 Å². The molecule has 1 N–H and O–H groups in total. The molecular weight excluding hydrogens is 350 g/mol. The molecule has 0 saturated carbocycles. The van der Waals surface area contributed by atoms with Gasteiger partial charge in [-0.25, -0.2) is 0 Å². The van der Waals surface area contributed by atoms with Crippen LogP contribution >= 0.6 is 27.5 Å². The van der Waals surface area contributed by atoms with Gasteiger partial charge in [0.2, 0.25) is 11.8 Å². The Morgan fingerprint density at radius 3 is 2.26 bits per heavy atom. The molecule has 1 heterocycles. The van der Waals surface area contributed by atoms with Crippen molar-refractivity contribution in [1.82, 2.24) is 5.32 Å². The third kappa shape index (κ3) is 2.76. The molecule has 2 amide bonds. The summed E-state index contributed by atoms with van der Waals surface area (Å²) >= 11 is 8.62. The van der Waals surface area contributed by atoms with Crippen LogP contribution in [0.15, 0.2) is 18.2 Å². The van der Waals surface area contributed by atoms with Crippen molar-refractivity contribution in [2.24, 2.45) is 0 Å². The van der Waals surface area contributed by atoms with E-state index in [1.165, 1.54) is 6.07 Å². The fourth-order valence-electron chi connectivity index (χ4n) is 1.83. The van der Waals surface area contributed by atoms with Crippen LogP contribution in [-0.2, 0) is 15.8 Å². The van der Waals surface area contributed by atoms with E-state index in [2.05, 4.69) is 15.9 Å². The molecule has 0 aromatic heterocycles. The first-order chi connectivity index (χ1) is 8.70. The number of alkyl halides is 4. The summed E-state index contributed by atoms with van der Waals surface area (Å²) in [6.45, 7) is 0. The van der Waals surface area contributed by atoms with Gasteiger partial charge in [0.05, 0.1) is 11.5 Å². The van der Waals surface area contributed by atoms with Crippen molar-refractivity contribution in [3.63, 3.8) is 0 Å². The zero-order valence-electron chi connectivity index (χ0n) is 9.09. The minimum absolute atomic E-state index is 0.0463. The molecule has 3 nitrogen and oxygen atoms in total. The van der Waals surface area contributed by atoms with Gasteiger partial charge >= 0.3 is 6.18 Å². The lowest BCUT2D eigenvalue weighted by Crippen LogP contribution is -2.22. The van der Waals surface area contributed by atoms with E-state index in [0.717, 1.165) is 12.1 Å². The zero-order chi connectivity index (χ0) is 14.4. The van der Waals surface area contributed by atoms with Crippen LogP contribution < -0.4 is 5.32 Å². The Hall–Kier alpha value is -1.08. The highest BCUT2D eigenvalue weighted by Gasteiger charge is 2.42. The first-order valence-corrected chi connectivity index (χ1v) is 6.36. The summed E-state index contributed by atoms with van der Waals surface area (Å²) in [5.41, 5.74) is -0.910. The molecule has 0 spiro atoms. The number of nitrogens with one attached hydrogen (secondary N) is 1. The Balaban J connectivity index is 2.49. The third-order valence-corrected chi connectivity index (χ3v) is 3.84. The van der Waals surface area contributed by atoms with Gasteiger partial charge in [0.25, 0.3) is 0 Å². The predicted molar refractivity (Wildman–Crippen MR) is 65.1 cm³/mol. The zero-order valence-corrected chi connectivity index (χ0v) is 11.4. The second-order valence-corrected chi connectivity index (χ2v) is 5.43. The minimum atomic E-state index is -4.57. The fraction of sp³-hybridized carbons (Fsp3) is 0.273. The van der Waals surface area contributed by atoms with Crippen molar-refractivity contribution >= 4 is 39.3 Å². The van der Waals surface area contributed by atoms with Crippen LogP contribution in [0.2, 0.25) is 5.02 Å². The van der Waals surface area contributed by atoms with Gasteiger partial charge in [-0.05, 0) is 23.8 Å². The van der Waals surface area contributed by atoms with Crippen molar-refractivity contribution in [2.45, 2.75) is 16.9 Å². The number of carbonyl (C=O) groups excluding carboxylic acids is 2. The SMILES string of the molecule is O=C1NC(=O)C(c2cc(Cl)cc(C(F)(F)F)c2)C1Br. The summed E-state index contributed by atoms with van der Waals surface area (Å²) in [7, 11) is 0. The number of hydrogen-bond donors (Lipinski definition) is 1. The van der Waals surface area contributed by atoms with Gasteiger partial charge < -0.3 is 0 Å². The van der Waals surface area contributed by atoms with Gasteiger partial charge in [-0.2, -0.15) is 13.2 Å². The molecule has 1 saturated heterocycles. The summed E-state index contributed by atoms with van der Waals surface area (Å²) in [5, 5.41) is 1.90. The van der Waals surface area contributed by atoms with E-state index in [0.29, 0.717) is 0 Å². The Morgan fingerprint density at radius 2 is 1.79 bits per heavy atom. The molecule has 1 aromatic rings. The van der Waals surface area contributed by atoms with Crippen LogP contribution in [0, 0.1) is 0 Å². The number of halogens is 5. The topological polar surface area (TPSA) is 46.2 Å². The highest BCUT2D eigenvalue weighted by Crippen LogP contribution is 2.37. The second-order valence-electron chi connectivity index (χ2n) is 4.00. The second kappa shape index (κ2) is 4.79. The molecule has 0 aliphatic carbocycles. The molecular formula is C11H6BrClF3NO2. The lowest BCUT2D eigenvalue weighted by molar-refractivity contribution is -0.137. The van der Waals surface area contributed by atoms with Crippen LogP contribution in [0.1, 0.15) is 17.0 Å². The van der Waals surface area contributed by atoms with E-state index < -0.39 is 34.3 Å². The fourth-order valence-corrected chi connectivity index (χ4v) is 2.73. The molecule has 0 bridgehead atoms. The first kappa shape index (κ1) is 14.3. The Kier molecular flexibility index (Phi) is 3.61. The molecule has 2 unspecified atom stereocenters. The normalized spacial score (nSPS) is 23.6. The van der Waals surface area contributed by atoms with Crippen molar-refractivity contribution in [2.75, 3.05) is 0 Å². The first-order valence-electron chi connectivity index (χ1n) is 5.06. The third-order valence-electron chi connectivity index (χ3n) is 2.68. The van der Waals surface area contributed by atoms with Gasteiger partial charge in [0.1, 0.15) is 4.83 Å². The number of hydrogen-bond acceptors (Lipinski definition) is 2. The standard InChI is InChI=1S/C11H6BrClF3NO2/c12-8-7(9(18)17-10(8)19)4-1-5(11(14,15)16)3-6(13)2-4/h1-3,7-8H,(H,17,18,19). The largest absolute Gasteiger partial charge is 0.416 e. The molecule has 1 aromatic carbocycles. The van der Waals surface area contributed by atoms with Crippen LogP contribution in [-0.4, -0.2) is 16.6 Å². The number of benzene rings is 1. The number of carbonyl (C=O) groups is 2. The Labute approximate surface area is 119 Å². The molecule has 8 heteroatoms. The lowest BCUT2D eigenvalue weighted by atomic mass is 9.95. The van der Waals surface area contributed by atoms with E-state index in [4.69, 9.17) is 11.6 Å². The number of amides is 2. The van der Waals surface area contributed by atoms with Crippen molar-refractivity contribution in [1.29, 1.82) is 0 Å². The van der Waals surface area contributed by atoms with Gasteiger partial charge in [-0.3, -0.25) is 14.9 Å². The molecule has 1 fully saturated rings. The van der Waals surface area contributed by atoms with E-state index >= 15 is 0 Å². The minimum Gasteiger partial charge on any atom is -0.295 e. The molecule has 102 valence electrons. The summed E-state index contributed by atoms with van der Waals surface area (Å²) in [5.74, 6) is -2.25. The van der Waals surface area contributed by atoms with E-state index in [9.17, 15) is 22.8 Å². The quantitative estimate of drug-likeness (QED) is 0.621. The van der Waals surface area contributed by atoms with E-state index in [1.54, 1.807) is 0 Å². The summed E-state index contributed by atoms with van der Waals surface area (Å²) in [4.78, 5) is 22.0. The van der Waals surface area contributed by atoms with Crippen LogP contribution in [0.4, 0.5) is 13.2 Å². The van der Waals surface area contributed by atoms with Crippen LogP contribution in [0.3, 0.4) is 0 Å². The Bertz CT molecular complexity index is 561. The average molecular weight is 357 g/mol. The summed E-state index contributed by atoms with van der Waals surface area (Å²) in [6, 6.07) is 2.83. The monoisotopic (exact) mass is 355 g/mol. The summed E-state index contributed by atoms with van der Waals surface area (Å²) in [6.07, 6.45) is -4.57. The molecule has 1 aliphatic heterocycles. The highest BCUT2D eigenvalue weighted by molar-refractivity contribution is 9.10. The van der Waals surface area contributed by atoms with Gasteiger partial charge in [0, 0.05) is 5.02 Å². The van der Waals surface area contributed by atoms with Crippen molar-refractivity contribution in [3.8, 4) is 0 Å². The van der Waals surface area contributed by atoms with Gasteiger partial charge in [0.15, 0.2) is 0 Å². The van der Waals surface area contributed by atoms with Gasteiger partial charge in [-0.1, -0.05) is 27.5 Å². The lowest BCUT2D eigenvalue weighted by Gasteiger charge is -2.14. The maximum atomic E-state index is 12.7. The van der Waals surface area contributed by atoms with Gasteiger partial charge in [-0.15, -0.1) is 0 Å². The van der Waals surface area contributed by atoms with Crippen molar-refractivity contribution < 1.29 is 22.8 Å². The molecule has 2 atom stereocenters. The Morgan fingerprint density at radius 1 is 1.16 bits per heavy atom. The van der Waals surface area contributed by atoms with Crippen LogP contribution in [0.25, 0.3) is 0 Å². The predicted octanol–water partition coefficient (Wildman–Crippen LogP) is 2.86. The number of imide groups is 1. The molecule has 0 radical (unpaired) electrons. The molecule has 19 heavy (non-hydrogen) atoms. The highest BCUT2D eigenvalue weighted by atomic mass is 79.9. The van der Waals surface area contributed by atoms with Crippen molar-refractivity contribution in [3.05, 3.63) is 34.3 Å². The maximum Gasteiger partial charge on any atom is 0.416 e. The van der Waals surface area contributed by atoms with E-state index in [1.807, 2.05) is 5.32 Å². The smallest absolute Gasteiger partial charge is 0.295 e. The number of rotatable bonds is 1. The maximum absolute atomic E-state index is 12.7. The summed E-state index contributed by atoms with van der Waals surface area (Å²) < 4.78 is 38.0.